The molecule has 1 amide bonds. The number of carbonyl (C=O) groups excluding carboxylic acids is 1. The molecule has 1 aliphatic heterocycles. The predicted molar refractivity (Wildman–Crippen MR) is 68.7 cm³/mol. The highest BCUT2D eigenvalue weighted by molar-refractivity contribution is 5.80. The van der Waals surface area contributed by atoms with Gasteiger partial charge in [-0.3, -0.25) is 4.79 Å². The van der Waals surface area contributed by atoms with Crippen LogP contribution in [-0.4, -0.2) is 47.7 Å². The van der Waals surface area contributed by atoms with E-state index in [2.05, 4.69) is 12.2 Å². The van der Waals surface area contributed by atoms with Crippen molar-refractivity contribution in [3.8, 4) is 0 Å². The van der Waals surface area contributed by atoms with Crippen LogP contribution in [0.2, 0.25) is 0 Å². The van der Waals surface area contributed by atoms with Gasteiger partial charge in [-0.2, -0.15) is 0 Å². The summed E-state index contributed by atoms with van der Waals surface area (Å²) in [6, 6.07) is 0.481. The van der Waals surface area contributed by atoms with Crippen LogP contribution in [0, 0.1) is 5.92 Å². The molecular formula is C13H26N2O2. The van der Waals surface area contributed by atoms with Crippen molar-refractivity contribution in [2.24, 2.45) is 5.92 Å². The molecule has 2 N–H and O–H groups in total. The average molecular weight is 242 g/mol. The molecule has 2 unspecified atom stereocenters. The monoisotopic (exact) mass is 242 g/mol. The van der Waals surface area contributed by atoms with Crippen LogP contribution < -0.4 is 5.32 Å². The predicted octanol–water partition coefficient (Wildman–Crippen LogP) is 0.994. The number of rotatable bonds is 5. The first-order chi connectivity index (χ1) is 8.07. The first-order valence-electron chi connectivity index (χ1n) is 6.72. The number of hydrogen-bond donors (Lipinski definition) is 2. The van der Waals surface area contributed by atoms with Crippen LogP contribution in [0.3, 0.4) is 0 Å². The third-order valence-corrected chi connectivity index (χ3v) is 3.54. The van der Waals surface area contributed by atoms with Gasteiger partial charge in [0.25, 0.3) is 0 Å². The van der Waals surface area contributed by atoms with E-state index in [-0.39, 0.29) is 30.5 Å². The van der Waals surface area contributed by atoms with Crippen LogP contribution in [0.5, 0.6) is 0 Å². The number of amides is 1. The molecule has 0 radical (unpaired) electrons. The van der Waals surface area contributed by atoms with Gasteiger partial charge in [-0.05, 0) is 46.6 Å². The van der Waals surface area contributed by atoms with Crippen LogP contribution in [-0.2, 0) is 4.79 Å². The highest BCUT2D eigenvalue weighted by Gasteiger charge is 2.31. The van der Waals surface area contributed by atoms with Gasteiger partial charge < -0.3 is 15.3 Å². The van der Waals surface area contributed by atoms with Crippen molar-refractivity contribution >= 4 is 5.91 Å². The van der Waals surface area contributed by atoms with Gasteiger partial charge in [-0.1, -0.05) is 0 Å². The van der Waals surface area contributed by atoms with Crippen LogP contribution in [0.25, 0.3) is 0 Å². The van der Waals surface area contributed by atoms with E-state index in [4.69, 9.17) is 5.11 Å². The Morgan fingerprint density at radius 1 is 1.53 bits per heavy atom. The minimum absolute atomic E-state index is 0.102. The van der Waals surface area contributed by atoms with Crippen LogP contribution in [0.1, 0.15) is 40.0 Å². The largest absolute Gasteiger partial charge is 0.396 e. The second-order valence-electron chi connectivity index (χ2n) is 5.19. The Kier molecular flexibility index (Phi) is 5.92. The highest BCUT2D eigenvalue weighted by atomic mass is 16.3. The molecule has 1 saturated heterocycles. The van der Waals surface area contributed by atoms with Crippen molar-refractivity contribution in [1.82, 2.24) is 10.2 Å². The maximum Gasteiger partial charge on any atom is 0.227 e. The average Bonchev–Trinajstić information content (AvgIpc) is 2.29. The fraction of sp³-hybridized carbons (Fsp3) is 0.923. The van der Waals surface area contributed by atoms with E-state index in [1.165, 1.54) is 0 Å². The van der Waals surface area contributed by atoms with Crippen molar-refractivity contribution in [2.45, 2.75) is 52.1 Å². The Morgan fingerprint density at radius 3 is 2.76 bits per heavy atom. The molecule has 2 atom stereocenters. The van der Waals surface area contributed by atoms with Crippen molar-refractivity contribution in [1.29, 1.82) is 0 Å². The van der Waals surface area contributed by atoms with Gasteiger partial charge in [0.2, 0.25) is 5.91 Å². The number of piperidine rings is 1. The third-order valence-electron chi connectivity index (χ3n) is 3.54. The summed E-state index contributed by atoms with van der Waals surface area (Å²) in [7, 11) is 0. The van der Waals surface area contributed by atoms with E-state index in [9.17, 15) is 4.79 Å². The lowest BCUT2D eigenvalue weighted by molar-refractivity contribution is -0.139. The smallest absolute Gasteiger partial charge is 0.227 e. The molecule has 1 fully saturated rings. The highest BCUT2D eigenvalue weighted by Crippen LogP contribution is 2.20. The zero-order valence-electron chi connectivity index (χ0n) is 11.3. The standard InChI is InChI=1S/C13H26N2O2/c1-10(2)15(8-5-9-16)13(17)12-6-4-7-14-11(12)3/h10-12,14,16H,4-9H2,1-3H3. The molecule has 0 bridgehead atoms. The molecule has 1 heterocycles. The summed E-state index contributed by atoms with van der Waals surface area (Å²) in [6.45, 7) is 7.99. The number of aliphatic hydroxyl groups is 1. The second kappa shape index (κ2) is 6.97. The molecule has 0 aromatic rings. The summed E-state index contributed by atoms with van der Waals surface area (Å²) in [6.07, 6.45) is 2.72. The minimum Gasteiger partial charge on any atom is -0.396 e. The summed E-state index contributed by atoms with van der Waals surface area (Å²) < 4.78 is 0. The van der Waals surface area contributed by atoms with Crippen molar-refractivity contribution in [2.75, 3.05) is 19.7 Å². The Labute approximate surface area is 104 Å². The van der Waals surface area contributed by atoms with E-state index in [0.717, 1.165) is 19.4 Å². The number of nitrogens with zero attached hydrogens (tertiary/aromatic N) is 1. The number of carbonyl (C=O) groups is 1. The molecule has 1 rings (SSSR count). The lowest BCUT2D eigenvalue weighted by Crippen LogP contribution is -2.50. The number of aliphatic hydroxyl groups excluding tert-OH is 1. The van der Waals surface area contributed by atoms with Crippen molar-refractivity contribution in [3.63, 3.8) is 0 Å². The first-order valence-corrected chi connectivity index (χ1v) is 6.72. The van der Waals surface area contributed by atoms with E-state index in [1.807, 2.05) is 18.7 Å². The van der Waals surface area contributed by atoms with E-state index in [0.29, 0.717) is 13.0 Å². The Morgan fingerprint density at radius 2 is 2.24 bits per heavy atom. The van der Waals surface area contributed by atoms with Crippen molar-refractivity contribution in [3.05, 3.63) is 0 Å². The lowest BCUT2D eigenvalue weighted by atomic mass is 9.90. The Hall–Kier alpha value is -0.610. The van der Waals surface area contributed by atoms with Gasteiger partial charge in [-0.15, -0.1) is 0 Å². The summed E-state index contributed by atoms with van der Waals surface area (Å²) in [5.74, 6) is 0.345. The van der Waals surface area contributed by atoms with Gasteiger partial charge in [0, 0.05) is 25.2 Å². The molecule has 4 heteroatoms. The van der Waals surface area contributed by atoms with Gasteiger partial charge in [0.1, 0.15) is 0 Å². The van der Waals surface area contributed by atoms with E-state index < -0.39 is 0 Å². The normalized spacial score (nSPS) is 25.0. The van der Waals surface area contributed by atoms with Gasteiger partial charge >= 0.3 is 0 Å². The topological polar surface area (TPSA) is 52.6 Å². The quantitative estimate of drug-likeness (QED) is 0.756. The third kappa shape index (κ3) is 3.96. The summed E-state index contributed by atoms with van der Waals surface area (Å²) in [5, 5.41) is 12.3. The Bertz CT molecular complexity index is 244. The minimum atomic E-state index is 0.102. The number of nitrogens with one attached hydrogen (secondary N) is 1. The molecule has 0 saturated carbocycles. The van der Waals surface area contributed by atoms with Crippen LogP contribution in [0.15, 0.2) is 0 Å². The second-order valence-corrected chi connectivity index (χ2v) is 5.19. The molecule has 0 aliphatic carbocycles. The molecule has 0 aromatic heterocycles. The molecule has 100 valence electrons. The first kappa shape index (κ1) is 14.5. The molecule has 1 aliphatic rings. The fourth-order valence-electron chi connectivity index (χ4n) is 2.46. The van der Waals surface area contributed by atoms with E-state index >= 15 is 0 Å². The van der Waals surface area contributed by atoms with Gasteiger partial charge in [0.05, 0.1) is 5.92 Å². The van der Waals surface area contributed by atoms with E-state index in [1.54, 1.807) is 0 Å². The molecule has 0 spiro atoms. The molecule has 17 heavy (non-hydrogen) atoms. The van der Waals surface area contributed by atoms with Gasteiger partial charge in [0.15, 0.2) is 0 Å². The summed E-state index contributed by atoms with van der Waals surface area (Å²) in [5.41, 5.74) is 0. The maximum absolute atomic E-state index is 12.5. The molecule has 0 aromatic carbocycles. The number of hydrogen-bond acceptors (Lipinski definition) is 3. The van der Waals surface area contributed by atoms with Gasteiger partial charge in [-0.25, -0.2) is 0 Å². The maximum atomic E-state index is 12.5. The fourth-order valence-corrected chi connectivity index (χ4v) is 2.46. The van der Waals surface area contributed by atoms with Crippen LogP contribution >= 0.6 is 0 Å². The zero-order valence-corrected chi connectivity index (χ0v) is 11.3. The molecular weight excluding hydrogens is 216 g/mol. The Balaban J connectivity index is 2.62. The van der Waals surface area contributed by atoms with Crippen LogP contribution in [0.4, 0.5) is 0 Å². The van der Waals surface area contributed by atoms with Crippen molar-refractivity contribution < 1.29 is 9.90 Å². The summed E-state index contributed by atoms with van der Waals surface area (Å²) in [4.78, 5) is 14.4. The zero-order chi connectivity index (χ0) is 12.8. The summed E-state index contributed by atoms with van der Waals surface area (Å²) >= 11 is 0. The SMILES string of the molecule is CC1NCCCC1C(=O)N(CCCO)C(C)C. The lowest BCUT2D eigenvalue weighted by Gasteiger charge is -2.35. The molecule has 4 nitrogen and oxygen atoms in total.